The first-order valence-corrected chi connectivity index (χ1v) is 8.66. The molecule has 2 aliphatic rings. The van der Waals surface area contributed by atoms with Crippen molar-refractivity contribution in [1.82, 2.24) is 19.8 Å². The molecule has 0 radical (unpaired) electrons. The van der Waals surface area contributed by atoms with Crippen LogP contribution in [-0.4, -0.2) is 47.5 Å². The molecule has 1 unspecified atom stereocenters. The quantitative estimate of drug-likeness (QED) is 0.829. The average Bonchev–Trinajstić information content (AvgIpc) is 2.99. The highest BCUT2D eigenvalue weighted by Crippen LogP contribution is 2.40. The number of amides is 1. The van der Waals surface area contributed by atoms with Gasteiger partial charge >= 0.3 is 0 Å². The number of rotatable bonds is 2. The maximum atomic E-state index is 13.0. The highest BCUT2D eigenvalue weighted by Gasteiger charge is 2.54. The molecule has 1 aromatic rings. The van der Waals surface area contributed by atoms with Crippen LogP contribution < -0.4 is 5.32 Å². The SMILES string of the molecule is Cc1n[nH]c(C)c1S(=O)(=O)N1CCCC12CCCNC2=O. The lowest BCUT2D eigenvalue weighted by Crippen LogP contribution is -2.60. The fourth-order valence-corrected chi connectivity index (χ4v) is 5.74. The van der Waals surface area contributed by atoms with Gasteiger partial charge in [0.2, 0.25) is 15.9 Å². The van der Waals surface area contributed by atoms with Gasteiger partial charge in [0.05, 0.1) is 11.4 Å². The number of aromatic amines is 1. The molecule has 116 valence electrons. The van der Waals surface area contributed by atoms with Crippen LogP contribution >= 0.6 is 0 Å². The zero-order valence-electron chi connectivity index (χ0n) is 12.3. The molecule has 1 amide bonds. The summed E-state index contributed by atoms with van der Waals surface area (Å²) in [6.45, 7) is 4.37. The third-order valence-electron chi connectivity index (χ3n) is 4.51. The first kappa shape index (κ1) is 14.5. The molecule has 0 saturated carbocycles. The molecule has 2 N–H and O–H groups in total. The summed E-state index contributed by atoms with van der Waals surface area (Å²) in [6, 6.07) is 0. The van der Waals surface area contributed by atoms with Gasteiger partial charge in [0.25, 0.3) is 0 Å². The molecular formula is C13H20N4O3S. The average molecular weight is 312 g/mol. The van der Waals surface area contributed by atoms with E-state index in [-0.39, 0.29) is 10.8 Å². The number of piperidine rings is 1. The van der Waals surface area contributed by atoms with E-state index >= 15 is 0 Å². The van der Waals surface area contributed by atoms with Gasteiger partial charge in [-0.25, -0.2) is 8.42 Å². The molecule has 3 heterocycles. The maximum absolute atomic E-state index is 13.0. The van der Waals surface area contributed by atoms with Gasteiger partial charge in [-0.1, -0.05) is 0 Å². The lowest BCUT2D eigenvalue weighted by Gasteiger charge is -2.39. The van der Waals surface area contributed by atoms with Crippen molar-refractivity contribution in [1.29, 1.82) is 0 Å². The summed E-state index contributed by atoms with van der Waals surface area (Å²) in [5.74, 6) is -0.159. The van der Waals surface area contributed by atoms with Gasteiger partial charge in [0.15, 0.2) is 0 Å². The van der Waals surface area contributed by atoms with Crippen LogP contribution in [0.2, 0.25) is 0 Å². The minimum Gasteiger partial charge on any atom is -0.354 e. The Hall–Kier alpha value is -1.41. The number of carbonyl (C=O) groups excluding carboxylic acids is 1. The van der Waals surface area contributed by atoms with Crippen LogP contribution in [0.15, 0.2) is 4.90 Å². The number of hydrogen-bond acceptors (Lipinski definition) is 4. The molecule has 3 rings (SSSR count). The second-order valence-corrected chi connectivity index (χ2v) is 7.63. The van der Waals surface area contributed by atoms with Crippen molar-refractivity contribution < 1.29 is 13.2 Å². The van der Waals surface area contributed by atoms with Crippen molar-refractivity contribution in [2.24, 2.45) is 0 Å². The molecule has 2 fully saturated rings. The van der Waals surface area contributed by atoms with Crippen molar-refractivity contribution >= 4 is 15.9 Å². The molecule has 0 aliphatic carbocycles. The van der Waals surface area contributed by atoms with Crippen LogP contribution in [0.1, 0.15) is 37.1 Å². The van der Waals surface area contributed by atoms with Crippen molar-refractivity contribution in [3.63, 3.8) is 0 Å². The Bertz CT molecular complexity index is 662. The third kappa shape index (κ3) is 2.00. The van der Waals surface area contributed by atoms with Crippen LogP contribution in [0.3, 0.4) is 0 Å². The van der Waals surface area contributed by atoms with Gasteiger partial charge < -0.3 is 5.32 Å². The van der Waals surface area contributed by atoms with Crippen molar-refractivity contribution in [2.45, 2.75) is 50.0 Å². The number of sulfonamides is 1. The monoisotopic (exact) mass is 312 g/mol. The number of carbonyl (C=O) groups is 1. The second kappa shape index (κ2) is 4.81. The molecule has 0 aromatic carbocycles. The second-order valence-electron chi connectivity index (χ2n) is 5.83. The maximum Gasteiger partial charge on any atom is 0.247 e. The Kier molecular flexibility index (Phi) is 3.32. The van der Waals surface area contributed by atoms with E-state index in [2.05, 4.69) is 15.5 Å². The number of nitrogens with one attached hydrogen (secondary N) is 2. The fraction of sp³-hybridized carbons (Fsp3) is 0.692. The summed E-state index contributed by atoms with van der Waals surface area (Å²) >= 11 is 0. The van der Waals surface area contributed by atoms with Crippen LogP contribution in [0.5, 0.6) is 0 Å². The van der Waals surface area contributed by atoms with E-state index in [1.807, 2.05) is 0 Å². The lowest BCUT2D eigenvalue weighted by atomic mass is 9.88. The van der Waals surface area contributed by atoms with Crippen molar-refractivity contribution in [3.8, 4) is 0 Å². The smallest absolute Gasteiger partial charge is 0.247 e. The van der Waals surface area contributed by atoms with E-state index in [9.17, 15) is 13.2 Å². The highest BCUT2D eigenvalue weighted by atomic mass is 32.2. The van der Waals surface area contributed by atoms with Gasteiger partial charge in [-0.05, 0) is 39.5 Å². The Balaban J connectivity index is 2.08. The van der Waals surface area contributed by atoms with Gasteiger partial charge in [-0.15, -0.1) is 0 Å². The molecule has 1 spiro atoms. The summed E-state index contributed by atoms with van der Waals surface area (Å²) in [6.07, 6.45) is 2.70. The molecule has 7 nitrogen and oxygen atoms in total. The Morgan fingerprint density at radius 3 is 2.57 bits per heavy atom. The molecule has 21 heavy (non-hydrogen) atoms. The van der Waals surface area contributed by atoms with E-state index in [1.54, 1.807) is 13.8 Å². The first-order valence-electron chi connectivity index (χ1n) is 7.22. The standard InChI is InChI=1S/C13H20N4O3S/c1-9-11(10(2)16-15-9)21(19,20)17-8-4-6-13(17)5-3-7-14-12(13)18/h3-8H2,1-2H3,(H,14,18)(H,15,16). The number of aromatic nitrogens is 2. The molecule has 1 atom stereocenters. The van der Waals surface area contributed by atoms with E-state index in [1.165, 1.54) is 4.31 Å². The fourth-order valence-electron chi connectivity index (χ4n) is 3.57. The van der Waals surface area contributed by atoms with E-state index in [4.69, 9.17) is 0 Å². The third-order valence-corrected chi connectivity index (χ3v) is 6.74. The Morgan fingerprint density at radius 1 is 1.24 bits per heavy atom. The number of aryl methyl sites for hydroxylation is 2. The molecule has 2 saturated heterocycles. The molecule has 0 bridgehead atoms. The van der Waals surface area contributed by atoms with Crippen LogP contribution in [0.25, 0.3) is 0 Å². The van der Waals surface area contributed by atoms with Gasteiger partial charge in [-0.2, -0.15) is 9.40 Å². The molecule has 1 aromatic heterocycles. The topological polar surface area (TPSA) is 95.2 Å². The zero-order chi connectivity index (χ0) is 15.3. The van der Waals surface area contributed by atoms with E-state index in [0.29, 0.717) is 43.7 Å². The minimum atomic E-state index is -3.72. The predicted molar refractivity (Wildman–Crippen MR) is 76.2 cm³/mol. The Morgan fingerprint density at radius 2 is 1.95 bits per heavy atom. The van der Waals surface area contributed by atoms with Crippen LogP contribution in [0, 0.1) is 13.8 Å². The first-order chi connectivity index (χ1) is 9.89. The van der Waals surface area contributed by atoms with Gasteiger partial charge in [-0.3, -0.25) is 9.89 Å². The van der Waals surface area contributed by atoms with Crippen molar-refractivity contribution in [3.05, 3.63) is 11.4 Å². The van der Waals surface area contributed by atoms with E-state index < -0.39 is 15.6 Å². The minimum absolute atomic E-state index is 0.159. The molecule has 2 aliphatic heterocycles. The highest BCUT2D eigenvalue weighted by molar-refractivity contribution is 7.89. The lowest BCUT2D eigenvalue weighted by molar-refractivity contribution is -0.131. The number of hydrogen-bond donors (Lipinski definition) is 2. The largest absolute Gasteiger partial charge is 0.354 e. The summed E-state index contributed by atoms with van der Waals surface area (Å²) < 4.78 is 27.5. The van der Waals surface area contributed by atoms with Crippen molar-refractivity contribution in [2.75, 3.05) is 13.1 Å². The molecular weight excluding hydrogens is 292 g/mol. The predicted octanol–water partition coefficient (Wildman–Crippen LogP) is 0.460. The molecule has 8 heteroatoms. The summed E-state index contributed by atoms with van der Waals surface area (Å²) in [4.78, 5) is 12.6. The zero-order valence-corrected chi connectivity index (χ0v) is 13.1. The summed E-state index contributed by atoms with van der Waals surface area (Å²) in [7, 11) is -3.72. The van der Waals surface area contributed by atoms with Crippen LogP contribution in [0.4, 0.5) is 0 Å². The van der Waals surface area contributed by atoms with Gasteiger partial charge in [0.1, 0.15) is 10.4 Å². The normalized spacial score (nSPS) is 27.2. The van der Waals surface area contributed by atoms with Gasteiger partial charge in [0, 0.05) is 13.1 Å². The summed E-state index contributed by atoms with van der Waals surface area (Å²) in [5, 5.41) is 9.51. The number of H-pyrrole nitrogens is 1. The van der Waals surface area contributed by atoms with Crippen LogP contribution in [-0.2, 0) is 14.8 Å². The van der Waals surface area contributed by atoms with E-state index in [0.717, 1.165) is 6.42 Å². The Labute approximate surface area is 124 Å². The number of nitrogens with zero attached hydrogens (tertiary/aromatic N) is 2. The summed E-state index contributed by atoms with van der Waals surface area (Å²) in [5.41, 5.74) is 0.0595.